The van der Waals surface area contributed by atoms with Gasteiger partial charge in [-0.1, -0.05) is 42.8 Å². The van der Waals surface area contributed by atoms with E-state index in [0.717, 1.165) is 18.4 Å². The molecular weight excluding hydrogens is 404 g/mol. The normalized spacial score (nSPS) is 26.2. The van der Waals surface area contributed by atoms with Gasteiger partial charge in [0.15, 0.2) is 0 Å². The molecule has 0 radical (unpaired) electrons. The number of amides is 2. The van der Waals surface area contributed by atoms with E-state index in [0.29, 0.717) is 31.0 Å². The number of hydrogen-bond donors (Lipinski definition) is 1. The van der Waals surface area contributed by atoms with Crippen molar-refractivity contribution < 1.29 is 19.1 Å². The number of ether oxygens (including phenoxy) is 1. The zero-order chi connectivity index (χ0) is 21.5. The maximum absolute atomic E-state index is 13.2. The minimum absolute atomic E-state index is 0.0338. The van der Waals surface area contributed by atoms with Crippen molar-refractivity contribution in [3.63, 3.8) is 0 Å². The molecule has 162 valence electrons. The van der Waals surface area contributed by atoms with E-state index in [2.05, 4.69) is 5.32 Å². The number of cyclic esters (lactones) is 1. The number of halogens is 1. The van der Waals surface area contributed by atoms with Crippen molar-refractivity contribution in [2.75, 3.05) is 13.2 Å². The Hall–Kier alpha value is -2.34. The first kappa shape index (κ1) is 22.3. The van der Waals surface area contributed by atoms with Crippen LogP contribution in [0.5, 0.6) is 0 Å². The number of nitrogens with zero attached hydrogens (tertiary/aromatic N) is 1. The standard InChI is InChI=1S/C23H29ClN2O4/c1-16-5-2-3-6-18(13-21(27)25-14-17-8-10-19(24)11-9-17)22(28)26-12-4-7-20(26)15-30-23(16)29/h2-3,8-11,16,18,20H,4-7,12-15H2,1H3,(H,25,27)/b3-2-/t16-,18-,20-/m0/s1. The Kier molecular flexibility index (Phi) is 7.91. The lowest BCUT2D eigenvalue weighted by molar-refractivity contribution is -0.152. The summed E-state index contributed by atoms with van der Waals surface area (Å²) in [6.07, 6.45) is 6.70. The Labute approximate surface area is 182 Å². The molecule has 2 heterocycles. The molecule has 2 aliphatic heterocycles. The van der Waals surface area contributed by atoms with Crippen molar-refractivity contribution in [1.82, 2.24) is 10.2 Å². The summed E-state index contributed by atoms with van der Waals surface area (Å²) < 4.78 is 5.45. The van der Waals surface area contributed by atoms with Gasteiger partial charge < -0.3 is 15.0 Å². The van der Waals surface area contributed by atoms with Crippen LogP contribution in [0.3, 0.4) is 0 Å². The molecule has 7 heteroatoms. The van der Waals surface area contributed by atoms with Crippen LogP contribution in [0.15, 0.2) is 36.4 Å². The highest BCUT2D eigenvalue weighted by Gasteiger charge is 2.34. The van der Waals surface area contributed by atoms with Crippen molar-refractivity contribution in [1.29, 1.82) is 0 Å². The first-order chi connectivity index (χ1) is 14.4. The van der Waals surface area contributed by atoms with Gasteiger partial charge in [-0.15, -0.1) is 0 Å². The number of rotatable bonds is 4. The summed E-state index contributed by atoms with van der Waals surface area (Å²) >= 11 is 5.89. The van der Waals surface area contributed by atoms with Crippen molar-refractivity contribution in [2.45, 2.75) is 51.6 Å². The fraction of sp³-hybridized carbons (Fsp3) is 0.522. The number of benzene rings is 1. The summed E-state index contributed by atoms with van der Waals surface area (Å²) in [5.41, 5.74) is 0.952. The lowest BCUT2D eigenvalue weighted by atomic mass is 9.97. The third kappa shape index (κ3) is 6.08. The molecule has 3 atom stereocenters. The second kappa shape index (κ2) is 10.6. The van der Waals surface area contributed by atoms with E-state index in [1.165, 1.54) is 0 Å². The Bertz CT molecular complexity index is 793. The molecule has 30 heavy (non-hydrogen) atoms. The van der Waals surface area contributed by atoms with Crippen molar-refractivity contribution >= 4 is 29.4 Å². The summed E-state index contributed by atoms with van der Waals surface area (Å²) in [6.45, 7) is 3.11. The maximum atomic E-state index is 13.2. The first-order valence-corrected chi connectivity index (χ1v) is 10.9. The van der Waals surface area contributed by atoms with Crippen LogP contribution >= 0.6 is 11.6 Å². The van der Waals surface area contributed by atoms with E-state index in [4.69, 9.17) is 16.3 Å². The van der Waals surface area contributed by atoms with Gasteiger partial charge in [0.2, 0.25) is 11.8 Å². The van der Waals surface area contributed by atoms with Crippen LogP contribution in [0, 0.1) is 11.8 Å². The Morgan fingerprint density at radius 3 is 2.70 bits per heavy atom. The second-order valence-electron chi connectivity index (χ2n) is 8.11. The second-order valence-corrected chi connectivity index (χ2v) is 8.54. The van der Waals surface area contributed by atoms with Crippen LogP contribution in [0.25, 0.3) is 0 Å². The SMILES string of the molecule is C[C@H]1C/C=C\C[C@@H](CC(=O)NCc2ccc(Cl)cc2)C(=O)N2CCC[C@H]2COC1=O. The number of nitrogens with one attached hydrogen (secondary N) is 1. The van der Waals surface area contributed by atoms with Crippen LogP contribution in [0.4, 0.5) is 0 Å². The van der Waals surface area contributed by atoms with E-state index < -0.39 is 5.92 Å². The summed E-state index contributed by atoms with van der Waals surface area (Å²) in [5, 5.41) is 3.55. The monoisotopic (exact) mass is 432 g/mol. The highest BCUT2D eigenvalue weighted by Crippen LogP contribution is 2.24. The summed E-state index contributed by atoms with van der Waals surface area (Å²) in [5.74, 6) is -1.05. The number of carbonyl (C=O) groups excluding carboxylic acids is 3. The van der Waals surface area contributed by atoms with Crippen LogP contribution < -0.4 is 5.32 Å². The molecular formula is C23H29ClN2O4. The Morgan fingerprint density at radius 2 is 1.93 bits per heavy atom. The number of esters is 1. The van der Waals surface area contributed by atoms with Gasteiger partial charge in [0.1, 0.15) is 6.61 Å². The molecule has 0 aliphatic carbocycles. The highest BCUT2D eigenvalue weighted by atomic mass is 35.5. The van der Waals surface area contributed by atoms with Gasteiger partial charge in [-0.3, -0.25) is 14.4 Å². The molecule has 1 aromatic rings. The molecule has 6 nitrogen and oxygen atoms in total. The first-order valence-electron chi connectivity index (χ1n) is 10.6. The molecule has 0 unspecified atom stereocenters. The van der Waals surface area contributed by atoms with E-state index in [1.807, 2.05) is 31.2 Å². The smallest absolute Gasteiger partial charge is 0.309 e. The topological polar surface area (TPSA) is 75.7 Å². The molecule has 0 saturated carbocycles. The quantitative estimate of drug-likeness (QED) is 0.583. The van der Waals surface area contributed by atoms with Gasteiger partial charge in [-0.25, -0.2) is 0 Å². The van der Waals surface area contributed by atoms with Gasteiger partial charge in [-0.2, -0.15) is 0 Å². The fourth-order valence-electron chi connectivity index (χ4n) is 3.88. The average Bonchev–Trinajstić information content (AvgIpc) is 3.21. The summed E-state index contributed by atoms with van der Waals surface area (Å²) in [7, 11) is 0. The predicted molar refractivity (Wildman–Crippen MR) is 115 cm³/mol. The van der Waals surface area contributed by atoms with Crippen LogP contribution in [0.1, 0.15) is 44.6 Å². The third-order valence-corrected chi connectivity index (χ3v) is 5.99. The largest absolute Gasteiger partial charge is 0.463 e. The van der Waals surface area contributed by atoms with Crippen molar-refractivity contribution in [2.24, 2.45) is 11.8 Å². The van der Waals surface area contributed by atoms with Gasteiger partial charge in [0.05, 0.1) is 17.9 Å². The van der Waals surface area contributed by atoms with Gasteiger partial charge >= 0.3 is 5.97 Å². The predicted octanol–water partition coefficient (Wildman–Crippen LogP) is 3.48. The number of fused-ring (bicyclic) bond motifs is 1. The van der Waals surface area contributed by atoms with Crippen LogP contribution in [-0.4, -0.2) is 41.9 Å². The molecule has 0 spiro atoms. The molecule has 2 amide bonds. The van der Waals surface area contributed by atoms with Gasteiger partial charge in [0.25, 0.3) is 0 Å². The molecule has 0 bridgehead atoms. The Morgan fingerprint density at radius 1 is 1.20 bits per heavy atom. The maximum Gasteiger partial charge on any atom is 0.309 e. The molecule has 3 rings (SSSR count). The molecule has 1 saturated heterocycles. The van der Waals surface area contributed by atoms with Crippen molar-refractivity contribution in [3.05, 3.63) is 47.0 Å². The third-order valence-electron chi connectivity index (χ3n) is 5.74. The number of carbonyl (C=O) groups is 3. The molecule has 1 fully saturated rings. The lowest BCUT2D eigenvalue weighted by Crippen LogP contribution is -2.43. The molecule has 0 aromatic heterocycles. The minimum Gasteiger partial charge on any atom is -0.463 e. The van der Waals surface area contributed by atoms with E-state index in [1.54, 1.807) is 17.0 Å². The van der Waals surface area contributed by atoms with E-state index in [-0.39, 0.29) is 42.8 Å². The van der Waals surface area contributed by atoms with Crippen LogP contribution in [0.2, 0.25) is 5.02 Å². The molecule has 1 aromatic carbocycles. The zero-order valence-corrected chi connectivity index (χ0v) is 18.1. The van der Waals surface area contributed by atoms with Gasteiger partial charge in [0, 0.05) is 24.5 Å². The highest BCUT2D eigenvalue weighted by molar-refractivity contribution is 6.30. The van der Waals surface area contributed by atoms with Gasteiger partial charge in [-0.05, 0) is 43.4 Å². The zero-order valence-electron chi connectivity index (χ0n) is 17.3. The molecule has 1 N–H and O–H groups in total. The molecule has 2 aliphatic rings. The van der Waals surface area contributed by atoms with E-state index >= 15 is 0 Å². The minimum atomic E-state index is -0.419. The summed E-state index contributed by atoms with van der Waals surface area (Å²) in [6, 6.07) is 7.20. The lowest BCUT2D eigenvalue weighted by Gasteiger charge is -2.29. The number of hydrogen-bond acceptors (Lipinski definition) is 4. The van der Waals surface area contributed by atoms with E-state index in [9.17, 15) is 14.4 Å². The van der Waals surface area contributed by atoms with Crippen LogP contribution in [-0.2, 0) is 25.7 Å². The fourth-order valence-corrected chi connectivity index (χ4v) is 4.01. The average molecular weight is 433 g/mol. The number of allylic oxidation sites excluding steroid dienone is 2. The Balaban J connectivity index is 1.65. The summed E-state index contributed by atoms with van der Waals surface area (Å²) in [4.78, 5) is 39.6. The van der Waals surface area contributed by atoms with Crippen molar-refractivity contribution in [3.8, 4) is 0 Å².